The highest BCUT2D eigenvalue weighted by molar-refractivity contribution is 7.80. The van der Waals surface area contributed by atoms with E-state index in [0.717, 1.165) is 29.7 Å². The van der Waals surface area contributed by atoms with Gasteiger partial charge >= 0.3 is 5.97 Å². The number of benzene rings is 1. The minimum atomic E-state index is -0.397. The Bertz CT molecular complexity index is 864. The molecule has 0 fully saturated rings. The molecule has 0 radical (unpaired) electrons. The summed E-state index contributed by atoms with van der Waals surface area (Å²) in [7, 11) is 1.35. The average molecular weight is 395 g/mol. The third-order valence-corrected chi connectivity index (χ3v) is 5.50. The summed E-state index contributed by atoms with van der Waals surface area (Å²) in [5.41, 5.74) is 1.93. The Hall–Kier alpha value is -1.96. The lowest BCUT2D eigenvalue weighted by Gasteiger charge is -2.10. The number of fused-ring (bicyclic) bond motifs is 1. The summed E-state index contributed by atoms with van der Waals surface area (Å²) in [4.78, 5) is 25.5. The lowest BCUT2D eigenvalue weighted by molar-refractivity contribution is 0.0601. The Morgan fingerprint density at radius 1 is 1.32 bits per heavy atom. The number of thiocarbonyl (C=S) groups is 1. The van der Waals surface area contributed by atoms with Crippen LogP contribution in [0.2, 0.25) is 5.02 Å². The van der Waals surface area contributed by atoms with E-state index < -0.39 is 5.97 Å². The highest BCUT2D eigenvalue weighted by atomic mass is 35.5. The van der Waals surface area contributed by atoms with Gasteiger partial charge in [-0.25, -0.2) is 4.79 Å². The van der Waals surface area contributed by atoms with Gasteiger partial charge in [0.25, 0.3) is 5.91 Å². The number of nitrogens with one attached hydrogen (secondary N) is 2. The molecule has 0 unspecified atom stereocenters. The predicted octanol–water partition coefficient (Wildman–Crippen LogP) is 3.80. The number of methoxy groups -OCH3 is 1. The zero-order valence-electron chi connectivity index (χ0n) is 13.3. The van der Waals surface area contributed by atoms with E-state index in [-0.39, 0.29) is 11.0 Å². The maximum Gasteiger partial charge on any atom is 0.341 e. The zero-order valence-corrected chi connectivity index (χ0v) is 15.7. The summed E-state index contributed by atoms with van der Waals surface area (Å²) in [6.07, 6.45) is 2.81. The van der Waals surface area contributed by atoms with E-state index in [9.17, 15) is 9.59 Å². The molecule has 5 nitrogen and oxygen atoms in total. The molecule has 1 aliphatic carbocycles. The molecule has 1 aliphatic rings. The van der Waals surface area contributed by atoms with Gasteiger partial charge < -0.3 is 10.1 Å². The van der Waals surface area contributed by atoms with Gasteiger partial charge in [-0.15, -0.1) is 11.3 Å². The maximum absolute atomic E-state index is 12.2. The SMILES string of the molecule is COC(=O)c1c(NC(=S)NC(=O)c2cccc(Cl)c2)sc2c1CCC2. The fourth-order valence-electron chi connectivity index (χ4n) is 2.75. The van der Waals surface area contributed by atoms with Crippen LogP contribution in [-0.2, 0) is 17.6 Å². The number of amides is 1. The summed E-state index contributed by atoms with van der Waals surface area (Å²) in [6.45, 7) is 0. The molecule has 2 N–H and O–H groups in total. The standard InChI is InChI=1S/C17H15ClN2O3S2/c1-23-16(22)13-11-6-3-7-12(11)25-15(13)20-17(24)19-14(21)9-4-2-5-10(18)8-9/h2,4-5,8H,3,6-7H2,1H3,(H2,19,20,21,24). The monoisotopic (exact) mass is 394 g/mol. The van der Waals surface area contributed by atoms with Gasteiger partial charge in [0.1, 0.15) is 5.00 Å². The van der Waals surface area contributed by atoms with Gasteiger partial charge in [-0.1, -0.05) is 17.7 Å². The van der Waals surface area contributed by atoms with E-state index in [4.69, 9.17) is 28.6 Å². The Morgan fingerprint density at radius 2 is 2.12 bits per heavy atom. The first-order valence-electron chi connectivity index (χ1n) is 7.60. The van der Waals surface area contributed by atoms with Crippen molar-refractivity contribution < 1.29 is 14.3 Å². The third-order valence-electron chi connectivity index (χ3n) is 3.85. The minimum Gasteiger partial charge on any atom is -0.465 e. The van der Waals surface area contributed by atoms with Gasteiger partial charge in [0, 0.05) is 15.5 Å². The van der Waals surface area contributed by atoms with Crippen LogP contribution in [0.1, 0.15) is 37.6 Å². The third kappa shape index (κ3) is 3.84. The molecule has 0 saturated carbocycles. The smallest absolute Gasteiger partial charge is 0.341 e. The number of anilines is 1. The number of hydrogen-bond donors (Lipinski definition) is 2. The van der Waals surface area contributed by atoms with Crippen LogP contribution in [0.4, 0.5) is 5.00 Å². The van der Waals surface area contributed by atoms with Crippen molar-refractivity contribution >= 4 is 57.1 Å². The predicted molar refractivity (Wildman–Crippen MR) is 103 cm³/mol. The van der Waals surface area contributed by atoms with Crippen molar-refractivity contribution in [2.24, 2.45) is 0 Å². The summed E-state index contributed by atoms with van der Waals surface area (Å²) < 4.78 is 4.89. The molecule has 25 heavy (non-hydrogen) atoms. The molecule has 130 valence electrons. The summed E-state index contributed by atoms with van der Waals surface area (Å²) >= 11 is 12.6. The van der Waals surface area contributed by atoms with E-state index >= 15 is 0 Å². The van der Waals surface area contributed by atoms with Gasteiger partial charge in [0.05, 0.1) is 12.7 Å². The van der Waals surface area contributed by atoms with Crippen molar-refractivity contribution in [3.8, 4) is 0 Å². The topological polar surface area (TPSA) is 67.4 Å². The second-order valence-corrected chi connectivity index (χ2v) is 7.42. The fourth-order valence-corrected chi connectivity index (χ4v) is 4.48. The van der Waals surface area contributed by atoms with Crippen molar-refractivity contribution in [1.82, 2.24) is 5.32 Å². The number of hydrogen-bond acceptors (Lipinski definition) is 5. The lowest BCUT2D eigenvalue weighted by Crippen LogP contribution is -2.34. The molecule has 0 spiro atoms. The molecular formula is C17H15ClN2O3S2. The van der Waals surface area contributed by atoms with E-state index in [2.05, 4.69) is 10.6 Å². The quantitative estimate of drug-likeness (QED) is 0.612. The first kappa shape index (κ1) is 17.8. The van der Waals surface area contributed by atoms with Crippen molar-refractivity contribution in [2.75, 3.05) is 12.4 Å². The fraction of sp³-hybridized carbons (Fsp3) is 0.235. The van der Waals surface area contributed by atoms with Crippen LogP contribution in [0, 0.1) is 0 Å². The molecular weight excluding hydrogens is 380 g/mol. The molecule has 2 aromatic rings. The number of rotatable bonds is 3. The van der Waals surface area contributed by atoms with Gasteiger partial charge in [-0.05, 0) is 55.2 Å². The maximum atomic E-state index is 12.2. The highest BCUT2D eigenvalue weighted by Gasteiger charge is 2.27. The van der Waals surface area contributed by atoms with Crippen molar-refractivity contribution in [1.29, 1.82) is 0 Å². The molecule has 1 aromatic heterocycles. The van der Waals surface area contributed by atoms with Crippen LogP contribution in [0.15, 0.2) is 24.3 Å². The zero-order chi connectivity index (χ0) is 18.0. The number of thiophene rings is 1. The lowest BCUT2D eigenvalue weighted by atomic mass is 10.1. The molecule has 1 aromatic carbocycles. The Labute approximate surface area is 159 Å². The number of halogens is 1. The van der Waals surface area contributed by atoms with Gasteiger partial charge in [0.2, 0.25) is 0 Å². The van der Waals surface area contributed by atoms with Gasteiger partial charge in [0.15, 0.2) is 5.11 Å². The molecule has 1 heterocycles. The highest BCUT2D eigenvalue weighted by Crippen LogP contribution is 2.39. The van der Waals surface area contributed by atoms with E-state index in [1.54, 1.807) is 24.3 Å². The number of carbonyl (C=O) groups excluding carboxylic acids is 2. The minimum absolute atomic E-state index is 0.120. The van der Waals surface area contributed by atoms with Crippen molar-refractivity contribution in [3.05, 3.63) is 50.9 Å². The summed E-state index contributed by atoms with van der Waals surface area (Å²) in [5, 5.41) is 6.74. The number of ether oxygens (including phenoxy) is 1. The van der Waals surface area contributed by atoms with Gasteiger partial charge in [-0.2, -0.15) is 0 Å². The van der Waals surface area contributed by atoms with Crippen LogP contribution in [0.5, 0.6) is 0 Å². The molecule has 1 amide bonds. The van der Waals surface area contributed by atoms with Crippen LogP contribution in [0.25, 0.3) is 0 Å². The van der Waals surface area contributed by atoms with Crippen LogP contribution in [-0.4, -0.2) is 24.1 Å². The van der Waals surface area contributed by atoms with Crippen LogP contribution < -0.4 is 10.6 Å². The molecule has 0 saturated heterocycles. The van der Waals surface area contributed by atoms with Gasteiger partial charge in [-0.3, -0.25) is 10.1 Å². The van der Waals surface area contributed by atoms with Crippen molar-refractivity contribution in [2.45, 2.75) is 19.3 Å². The van der Waals surface area contributed by atoms with Crippen LogP contribution in [0.3, 0.4) is 0 Å². The normalized spacial score (nSPS) is 12.4. The molecule has 0 bridgehead atoms. The first-order chi connectivity index (χ1) is 12.0. The number of esters is 1. The van der Waals surface area contributed by atoms with Crippen LogP contribution >= 0.6 is 35.2 Å². The first-order valence-corrected chi connectivity index (χ1v) is 9.20. The Balaban J connectivity index is 1.75. The Kier molecular flexibility index (Phi) is 5.36. The molecule has 0 aliphatic heterocycles. The van der Waals surface area contributed by atoms with E-state index in [0.29, 0.717) is 21.2 Å². The molecule has 0 atom stereocenters. The largest absolute Gasteiger partial charge is 0.465 e. The molecule has 3 rings (SSSR count). The number of aryl methyl sites for hydroxylation is 1. The average Bonchev–Trinajstić information content (AvgIpc) is 3.14. The molecule has 8 heteroatoms. The summed E-state index contributed by atoms with van der Waals surface area (Å²) in [6, 6.07) is 6.57. The number of carbonyl (C=O) groups is 2. The van der Waals surface area contributed by atoms with E-state index in [1.165, 1.54) is 18.4 Å². The second-order valence-electron chi connectivity index (χ2n) is 5.47. The van der Waals surface area contributed by atoms with Crippen molar-refractivity contribution in [3.63, 3.8) is 0 Å². The summed E-state index contributed by atoms with van der Waals surface area (Å²) in [5.74, 6) is -0.769. The van der Waals surface area contributed by atoms with E-state index in [1.807, 2.05) is 0 Å². The Morgan fingerprint density at radius 3 is 2.84 bits per heavy atom. The second kappa shape index (κ2) is 7.51.